The smallest absolute Gasteiger partial charge is 0.197 e. The Labute approximate surface area is 113 Å². The first-order valence-corrected chi connectivity index (χ1v) is 6.45. The van der Waals surface area contributed by atoms with Gasteiger partial charge in [-0.3, -0.25) is 4.98 Å². The minimum absolute atomic E-state index is 0.00281. The van der Waals surface area contributed by atoms with Gasteiger partial charge < -0.3 is 9.64 Å². The molecule has 1 unspecified atom stereocenters. The molecule has 0 saturated carbocycles. The van der Waals surface area contributed by atoms with E-state index in [0.717, 1.165) is 13.0 Å². The summed E-state index contributed by atoms with van der Waals surface area (Å²) in [6.45, 7) is 0.931. The van der Waals surface area contributed by atoms with Crippen LogP contribution in [-0.2, 0) is 11.2 Å². The molecular weight excluding hydrogens is 236 g/mol. The van der Waals surface area contributed by atoms with Crippen molar-refractivity contribution in [3.63, 3.8) is 0 Å². The Balaban J connectivity index is 1.65. The lowest BCUT2D eigenvalue weighted by Gasteiger charge is -2.24. The summed E-state index contributed by atoms with van der Waals surface area (Å²) in [5.41, 5.74) is 2.48. The van der Waals surface area contributed by atoms with Crippen LogP contribution in [0.1, 0.15) is 17.4 Å². The van der Waals surface area contributed by atoms with Gasteiger partial charge in [0, 0.05) is 30.7 Å². The third-order valence-electron chi connectivity index (χ3n) is 3.25. The van der Waals surface area contributed by atoms with Crippen LogP contribution in [0.4, 0.5) is 0 Å². The summed E-state index contributed by atoms with van der Waals surface area (Å²) in [5.74, 6) is 0. The van der Waals surface area contributed by atoms with Gasteiger partial charge in [-0.1, -0.05) is 30.3 Å². The van der Waals surface area contributed by atoms with E-state index in [0.29, 0.717) is 0 Å². The highest BCUT2D eigenvalue weighted by Gasteiger charge is 2.21. The fraction of sp³-hybridized carbons (Fsp3) is 0.188. The van der Waals surface area contributed by atoms with Crippen molar-refractivity contribution in [1.82, 2.24) is 9.88 Å². The summed E-state index contributed by atoms with van der Waals surface area (Å²) in [6.07, 6.45) is 8.44. The number of ether oxygens (including phenoxy) is 1. The molecule has 3 heteroatoms. The van der Waals surface area contributed by atoms with Crippen molar-refractivity contribution in [2.75, 3.05) is 6.54 Å². The fourth-order valence-electron chi connectivity index (χ4n) is 2.23. The number of nitrogens with zero attached hydrogens (tertiary/aromatic N) is 2. The second-order valence-corrected chi connectivity index (χ2v) is 4.53. The lowest BCUT2D eigenvalue weighted by atomic mass is 10.1. The maximum absolute atomic E-state index is 5.67. The van der Waals surface area contributed by atoms with Crippen LogP contribution in [0.2, 0.25) is 0 Å². The van der Waals surface area contributed by atoms with Crippen molar-refractivity contribution in [1.29, 1.82) is 0 Å². The van der Waals surface area contributed by atoms with Crippen molar-refractivity contribution >= 4 is 0 Å². The molecule has 1 atom stereocenters. The van der Waals surface area contributed by atoms with Crippen molar-refractivity contribution < 1.29 is 4.74 Å². The highest BCUT2D eigenvalue weighted by Crippen LogP contribution is 2.27. The average molecular weight is 252 g/mol. The van der Waals surface area contributed by atoms with E-state index >= 15 is 0 Å². The number of rotatable bonds is 4. The van der Waals surface area contributed by atoms with E-state index in [1.165, 1.54) is 11.1 Å². The van der Waals surface area contributed by atoms with E-state index < -0.39 is 0 Å². The molecule has 1 aliphatic heterocycles. The molecule has 0 saturated heterocycles. The second kappa shape index (κ2) is 5.57. The Hall–Kier alpha value is -2.29. The summed E-state index contributed by atoms with van der Waals surface area (Å²) in [4.78, 5) is 6.25. The number of benzene rings is 1. The number of aromatic nitrogens is 1. The topological polar surface area (TPSA) is 25.4 Å². The van der Waals surface area contributed by atoms with Gasteiger partial charge in [0.15, 0.2) is 6.23 Å². The normalized spacial score (nSPS) is 17.5. The fourth-order valence-corrected chi connectivity index (χ4v) is 2.23. The third kappa shape index (κ3) is 2.76. The van der Waals surface area contributed by atoms with Crippen LogP contribution in [0, 0.1) is 0 Å². The molecule has 1 aromatic heterocycles. The first kappa shape index (κ1) is 11.8. The lowest BCUT2D eigenvalue weighted by molar-refractivity contribution is 0.0576. The molecule has 19 heavy (non-hydrogen) atoms. The highest BCUT2D eigenvalue weighted by atomic mass is 16.5. The second-order valence-electron chi connectivity index (χ2n) is 4.53. The maximum Gasteiger partial charge on any atom is 0.197 e. The molecule has 1 aliphatic rings. The van der Waals surface area contributed by atoms with Crippen LogP contribution < -0.4 is 0 Å². The zero-order valence-corrected chi connectivity index (χ0v) is 10.6. The van der Waals surface area contributed by atoms with E-state index in [4.69, 9.17) is 4.74 Å². The zero-order chi connectivity index (χ0) is 12.9. The molecule has 2 heterocycles. The van der Waals surface area contributed by atoms with Crippen LogP contribution in [-0.4, -0.2) is 16.4 Å². The molecule has 0 fully saturated rings. The summed E-state index contributed by atoms with van der Waals surface area (Å²) < 4.78 is 5.67. The van der Waals surface area contributed by atoms with Crippen LogP contribution in [0.3, 0.4) is 0 Å². The van der Waals surface area contributed by atoms with E-state index in [1.807, 2.05) is 36.8 Å². The van der Waals surface area contributed by atoms with Gasteiger partial charge in [-0.2, -0.15) is 0 Å². The van der Waals surface area contributed by atoms with Gasteiger partial charge in [-0.05, 0) is 24.1 Å². The molecule has 0 spiro atoms. The van der Waals surface area contributed by atoms with Crippen LogP contribution >= 0.6 is 0 Å². The van der Waals surface area contributed by atoms with Crippen LogP contribution in [0.15, 0.2) is 67.3 Å². The zero-order valence-electron chi connectivity index (χ0n) is 10.6. The molecule has 0 N–H and O–H groups in total. The number of pyridine rings is 1. The predicted molar refractivity (Wildman–Crippen MR) is 74.1 cm³/mol. The molecular formula is C16H16N2O. The lowest BCUT2D eigenvalue weighted by Crippen LogP contribution is -2.23. The third-order valence-corrected chi connectivity index (χ3v) is 3.25. The quantitative estimate of drug-likeness (QED) is 0.836. The van der Waals surface area contributed by atoms with Gasteiger partial charge in [0.1, 0.15) is 6.26 Å². The van der Waals surface area contributed by atoms with Crippen molar-refractivity contribution in [2.24, 2.45) is 0 Å². The first-order chi connectivity index (χ1) is 9.43. The Morgan fingerprint density at radius 3 is 2.63 bits per heavy atom. The summed E-state index contributed by atoms with van der Waals surface area (Å²) >= 11 is 0. The van der Waals surface area contributed by atoms with Gasteiger partial charge in [0.05, 0.1) is 0 Å². The molecule has 2 aromatic rings. The molecule has 0 bridgehead atoms. The Kier molecular flexibility index (Phi) is 3.45. The molecule has 3 rings (SSSR count). The van der Waals surface area contributed by atoms with Gasteiger partial charge >= 0.3 is 0 Å². The molecule has 3 nitrogen and oxygen atoms in total. The van der Waals surface area contributed by atoms with E-state index in [9.17, 15) is 0 Å². The molecule has 0 amide bonds. The van der Waals surface area contributed by atoms with E-state index in [1.54, 1.807) is 6.26 Å². The molecule has 96 valence electrons. The van der Waals surface area contributed by atoms with E-state index in [2.05, 4.69) is 34.1 Å². The largest absolute Gasteiger partial charge is 0.472 e. The number of hydrogen-bond donors (Lipinski definition) is 0. The monoisotopic (exact) mass is 252 g/mol. The summed E-state index contributed by atoms with van der Waals surface area (Å²) in [7, 11) is 0. The molecule has 1 aromatic carbocycles. The van der Waals surface area contributed by atoms with Gasteiger partial charge in [0.25, 0.3) is 0 Å². The molecule has 0 radical (unpaired) electrons. The Morgan fingerprint density at radius 1 is 1.05 bits per heavy atom. The predicted octanol–water partition coefficient (Wildman–Crippen LogP) is 3.13. The number of hydrogen-bond acceptors (Lipinski definition) is 3. The van der Waals surface area contributed by atoms with Gasteiger partial charge in [0.2, 0.25) is 0 Å². The minimum Gasteiger partial charge on any atom is -0.472 e. The minimum atomic E-state index is 0.00281. The summed E-state index contributed by atoms with van der Waals surface area (Å²) in [6, 6.07) is 14.4. The maximum atomic E-state index is 5.67. The van der Waals surface area contributed by atoms with Crippen LogP contribution in [0.25, 0.3) is 0 Å². The highest BCUT2D eigenvalue weighted by molar-refractivity contribution is 5.19. The van der Waals surface area contributed by atoms with E-state index in [-0.39, 0.29) is 6.23 Å². The molecule has 0 aliphatic carbocycles. The first-order valence-electron chi connectivity index (χ1n) is 6.45. The average Bonchev–Trinajstić information content (AvgIpc) is 2.95. The Morgan fingerprint density at radius 2 is 1.84 bits per heavy atom. The van der Waals surface area contributed by atoms with Crippen molar-refractivity contribution in [3.8, 4) is 0 Å². The van der Waals surface area contributed by atoms with Gasteiger partial charge in [-0.15, -0.1) is 0 Å². The SMILES string of the molecule is C1=CN(CCc2ccncc2)C(c2ccccc2)O1. The standard InChI is InChI=1S/C16H16N2O/c1-2-4-15(5-3-1)16-18(12-13-19-16)11-8-14-6-9-17-10-7-14/h1-7,9-10,12-13,16H,8,11H2. The Bertz CT molecular complexity index is 539. The van der Waals surface area contributed by atoms with Crippen molar-refractivity contribution in [3.05, 3.63) is 78.4 Å². The van der Waals surface area contributed by atoms with Crippen LogP contribution in [0.5, 0.6) is 0 Å². The van der Waals surface area contributed by atoms with Crippen molar-refractivity contribution in [2.45, 2.75) is 12.6 Å². The van der Waals surface area contributed by atoms with Gasteiger partial charge in [-0.25, -0.2) is 0 Å². The summed E-state index contributed by atoms with van der Waals surface area (Å²) in [5, 5.41) is 0.